The topological polar surface area (TPSA) is 73.3 Å². The fourth-order valence-corrected chi connectivity index (χ4v) is 2.51. The van der Waals surface area contributed by atoms with Crippen LogP contribution in [0, 0.1) is 0 Å². The van der Waals surface area contributed by atoms with Crippen molar-refractivity contribution in [3.63, 3.8) is 0 Å². The highest BCUT2D eigenvalue weighted by atomic mass is 127. The number of hydrogen-bond acceptors (Lipinski definition) is 5. The van der Waals surface area contributed by atoms with E-state index in [0.29, 0.717) is 35.5 Å². The zero-order chi connectivity index (χ0) is 19.6. The molecule has 2 rings (SSSR count). The van der Waals surface area contributed by atoms with E-state index < -0.39 is 0 Å². The van der Waals surface area contributed by atoms with Gasteiger partial charge >= 0.3 is 0 Å². The summed E-state index contributed by atoms with van der Waals surface area (Å²) >= 11 is 0. The fourth-order valence-electron chi connectivity index (χ4n) is 2.51. The molecule has 28 heavy (non-hydrogen) atoms. The Kier molecular flexibility index (Phi) is 10.3. The van der Waals surface area contributed by atoms with Crippen molar-refractivity contribution in [2.45, 2.75) is 13.5 Å². The van der Waals surface area contributed by atoms with Crippen molar-refractivity contribution in [3.05, 3.63) is 42.0 Å². The highest BCUT2D eigenvalue weighted by Crippen LogP contribution is 2.30. The van der Waals surface area contributed by atoms with Crippen molar-refractivity contribution in [2.24, 2.45) is 4.99 Å². The van der Waals surface area contributed by atoms with Gasteiger partial charge in [0.2, 0.25) is 0 Å². The lowest BCUT2D eigenvalue weighted by Gasteiger charge is -2.14. The monoisotopic (exact) mass is 501 g/mol. The van der Waals surface area contributed by atoms with E-state index >= 15 is 0 Å². The van der Waals surface area contributed by atoms with Gasteiger partial charge < -0.3 is 29.6 Å². The van der Waals surface area contributed by atoms with Crippen LogP contribution in [-0.2, 0) is 6.54 Å². The first-order chi connectivity index (χ1) is 13.1. The first-order valence-corrected chi connectivity index (χ1v) is 8.63. The summed E-state index contributed by atoms with van der Waals surface area (Å²) in [7, 11) is 6.46. The molecule has 2 aromatic rings. The van der Waals surface area contributed by atoms with E-state index in [0.717, 1.165) is 17.8 Å². The predicted octanol–water partition coefficient (Wildman–Crippen LogP) is 3.92. The third-order valence-electron chi connectivity index (χ3n) is 3.86. The number of benzene rings is 2. The summed E-state index contributed by atoms with van der Waals surface area (Å²) in [5.41, 5.74) is 1.86. The quantitative estimate of drug-likeness (QED) is 0.325. The van der Waals surface area contributed by atoms with Crippen LogP contribution in [0.1, 0.15) is 12.5 Å². The smallest absolute Gasteiger partial charge is 0.196 e. The Morgan fingerprint density at radius 3 is 1.96 bits per heavy atom. The lowest BCUT2D eigenvalue weighted by Crippen LogP contribution is -2.30. The zero-order valence-electron chi connectivity index (χ0n) is 16.9. The van der Waals surface area contributed by atoms with Gasteiger partial charge in [-0.2, -0.15) is 0 Å². The standard InChI is InChI=1S/C20H27N3O4.HI/c1-6-21-20(23-15-8-10-17(25-3)19(12-15)27-5)22-13-14-7-9-16(24-2)18(11-14)26-4;/h7-12H,6,13H2,1-5H3,(H2,21,22,23);1H. The van der Waals surface area contributed by atoms with Gasteiger partial charge in [0.05, 0.1) is 35.0 Å². The van der Waals surface area contributed by atoms with Crippen LogP contribution >= 0.6 is 24.0 Å². The fraction of sp³-hybridized carbons (Fsp3) is 0.350. The summed E-state index contributed by atoms with van der Waals surface area (Å²) in [6.07, 6.45) is 0. The molecular weight excluding hydrogens is 473 g/mol. The molecule has 0 aliphatic heterocycles. The van der Waals surface area contributed by atoms with Gasteiger partial charge in [0.15, 0.2) is 29.0 Å². The molecule has 0 radical (unpaired) electrons. The Morgan fingerprint density at radius 1 is 0.821 bits per heavy atom. The zero-order valence-corrected chi connectivity index (χ0v) is 19.2. The number of hydrogen-bond donors (Lipinski definition) is 2. The van der Waals surface area contributed by atoms with Crippen molar-refractivity contribution in [3.8, 4) is 23.0 Å². The number of rotatable bonds is 8. The number of ether oxygens (including phenoxy) is 4. The Morgan fingerprint density at radius 2 is 1.39 bits per heavy atom. The van der Waals surface area contributed by atoms with Crippen LogP contribution in [0.25, 0.3) is 0 Å². The average Bonchev–Trinajstić information content (AvgIpc) is 2.71. The van der Waals surface area contributed by atoms with Crippen LogP contribution in [0.4, 0.5) is 5.69 Å². The molecule has 0 heterocycles. The van der Waals surface area contributed by atoms with Gasteiger partial charge in [-0.25, -0.2) is 4.99 Å². The number of halogens is 1. The minimum atomic E-state index is 0. The number of anilines is 1. The molecule has 0 saturated carbocycles. The second-order valence-corrected chi connectivity index (χ2v) is 5.58. The van der Waals surface area contributed by atoms with E-state index in [-0.39, 0.29) is 24.0 Å². The molecule has 0 fully saturated rings. The highest BCUT2D eigenvalue weighted by molar-refractivity contribution is 14.0. The molecular formula is C20H28IN3O4. The molecule has 0 bridgehead atoms. The molecule has 0 saturated heterocycles. The molecule has 0 atom stereocenters. The molecule has 0 unspecified atom stereocenters. The predicted molar refractivity (Wildman–Crippen MR) is 123 cm³/mol. The minimum Gasteiger partial charge on any atom is -0.493 e. The Bertz CT molecular complexity index is 784. The first kappa shape index (κ1) is 23.7. The summed E-state index contributed by atoms with van der Waals surface area (Å²) in [5, 5.41) is 6.50. The lowest BCUT2D eigenvalue weighted by atomic mass is 10.2. The van der Waals surface area contributed by atoms with Crippen LogP contribution in [0.2, 0.25) is 0 Å². The van der Waals surface area contributed by atoms with Crippen LogP contribution in [0.3, 0.4) is 0 Å². The third kappa shape index (κ3) is 6.36. The molecule has 8 heteroatoms. The number of aliphatic imine (C=N–C) groups is 1. The van der Waals surface area contributed by atoms with Crippen molar-refractivity contribution in [2.75, 3.05) is 40.3 Å². The molecule has 2 N–H and O–H groups in total. The van der Waals surface area contributed by atoms with Crippen LogP contribution in [0.5, 0.6) is 23.0 Å². The molecule has 0 aromatic heterocycles. The minimum absolute atomic E-state index is 0. The van der Waals surface area contributed by atoms with E-state index in [4.69, 9.17) is 18.9 Å². The normalized spacial score (nSPS) is 10.5. The van der Waals surface area contributed by atoms with E-state index in [9.17, 15) is 0 Å². The molecule has 0 amide bonds. The molecule has 7 nitrogen and oxygen atoms in total. The Labute approximate surface area is 183 Å². The van der Waals surface area contributed by atoms with Gasteiger partial charge in [0, 0.05) is 18.3 Å². The average molecular weight is 501 g/mol. The van der Waals surface area contributed by atoms with Crippen molar-refractivity contribution in [1.29, 1.82) is 0 Å². The molecule has 0 spiro atoms. The van der Waals surface area contributed by atoms with Crippen molar-refractivity contribution in [1.82, 2.24) is 5.32 Å². The van der Waals surface area contributed by atoms with Crippen LogP contribution in [0.15, 0.2) is 41.4 Å². The molecule has 0 aliphatic rings. The Balaban J connectivity index is 0.00000392. The van der Waals surface area contributed by atoms with Gasteiger partial charge in [-0.05, 0) is 36.8 Å². The number of nitrogens with one attached hydrogen (secondary N) is 2. The summed E-state index contributed by atoms with van der Waals surface area (Å²) in [6.45, 7) is 3.25. The number of guanidine groups is 1. The van der Waals surface area contributed by atoms with Gasteiger partial charge in [-0.15, -0.1) is 24.0 Å². The van der Waals surface area contributed by atoms with Gasteiger partial charge in [-0.1, -0.05) is 6.07 Å². The van der Waals surface area contributed by atoms with Gasteiger partial charge in [-0.3, -0.25) is 0 Å². The molecule has 154 valence electrons. The maximum absolute atomic E-state index is 5.34. The largest absolute Gasteiger partial charge is 0.493 e. The molecule has 2 aromatic carbocycles. The Hall–Kier alpha value is -2.36. The number of nitrogens with zero attached hydrogens (tertiary/aromatic N) is 1. The summed E-state index contributed by atoms with van der Waals surface area (Å²) < 4.78 is 21.2. The molecule has 0 aliphatic carbocycles. The summed E-state index contributed by atoms with van der Waals surface area (Å²) in [5.74, 6) is 3.37. The maximum Gasteiger partial charge on any atom is 0.196 e. The maximum atomic E-state index is 5.34. The summed E-state index contributed by atoms with van der Waals surface area (Å²) in [6, 6.07) is 11.4. The first-order valence-electron chi connectivity index (χ1n) is 8.63. The third-order valence-corrected chi connectivity index (χ3v) is 3.86. The van der Waals surface area contributed by atoms with Gasteiger partial charge in [0.1, 0.15) is 0 Å². The van der Waals surface area contributed by atoms with E-state index in [1.807, 2.05) is 43.3 Å². The lowest BCUT2D eigenvalue weighted by molar-refractivity contribution is 0.354. The number of methoxy groups -OCH3 is 4. The van der Waals surface area contributed by atoms with Crippen LogP contribution in [-0.4, -0.2) is 40.9 Å². The highest BCUT2D eigenvalue weighted by Gasteiger charge is 2.07. The van der Waals surface area contributed by atoms with Crippen molar-refractivity contribution >= 4 is 35.6 Å². The second-order valence-electron chi connectivity index (χ2n) is 5.58. The van der Waals surface area contributed by atoms with Crippen LogP contribution < -0.4 is 29.6 Å². The van der Waals surface area contributed by atoms with E-state index in [1.54, 1.807) is 28.4 Å². The second kappa shape index (κ2) is 12.2. The van der Waals surface area contributed by atoms with Gasteiger partial charge in [0.25, 0.3) is 0 Å². The van der Waals surface area contributed by atoms with E-state index in [1.165, 1.54) is 0 Å². The SMILES string of the molecule is CCNC(=NCc1ccc(OC)c(OC)c1)Nc1ccc(OC)c(OC)c1.I. The summed E-state index contributed by atoms with van der Waals surface area (Å²) in [4.78, 5) is 4.63. The van der Waals surface area contributed by atoms with E-state index in [2.05, 4.69) is 15.6 Å². The van der Waals surface area contributed by atoms with Crippen molar-refractivity contribution < 1.29 is 18.9 Å².